The van der Waals surface area contributed by atoms with Crippen molar-refractivity contribution >= 4 is 5.95 Å². The predicted molar refractivity (Wildman–Crippen MR) is 79.1 cm³/mol. The number of anilines is 1. The van der Waals surface area contributed by atoms with Crippen molar-refractivity contribution < 1.29 is 4.52 Å². The highest BCUT2D eigenvalue weighted by Crippen LogP contribution is 2.35. The van der Waals surface area contributed by atoms with E-state index < -0.39 is 0 Å². The van der Waals surface area contributed by atoms with Gasteiger partial charge in [-0.15, -0.1) is 0 Å². The Morgan fingerprint density at radius 2 is 2.05 bits per heavy atom. The summed E-state index contributed by atoms with van der Waals surface area (Å²) >= 11 is 0. The van der Waals surface area contributed by atoms with Gasteiger partial charge in [-0.25, -0.2) is 0 Å². The summed E-state index contributed by atoms with van der Waals surface area (Å²) in [5.41, 5.74) is 0.0752. The molecule has 2 saturated heterocycles. The normalized spacial score (nSPS) is 27.8. The van der Waals surface area contributed by atoms with Gasteiger partial charge in [0.25, 0.3) is 5.95 Å². The molecule has 0 bridgehead atoms. The van der Waals surface area contributed by atoms with E-state index in [9.17, 15) is 0 Å². The lowest BCUT2D eigenvalue weighted by atomic mass is 9.82. The summed E-state index contributed by atoms with van der Waals surface area (Å²) in [5, 5.41) is 7.72. The third-order valence-electron chi connectivity index (χ3n) is 4.73. The van der Waals surface area contributed by atoms with Gasteiger partial charge in [-0.1, -0.05) is 26.2 Å². The van der Waals surface area contributed by atoms with Crippen LogP contribution < -0.4 is 10.2 Å². The third kappa shape index (κ3) is 2.68. The zero-order valence-corrected chi connectivity index (χ0v) is 12.5. The van der Waals surface area contributed by atoms with Crippen molar-refractivity contribution in [1.82, 2.24) is 15.5 Å². The first kappa shape index (κ1) is 13.9. The van der Waals surface area contributed by atoms with Gasteiger partial charge in [-0.3, -0.25) is 0 Å². The quantitative estimate of drug-likeness (QED) is 0.917. The molecule has 0 spiro atoms. The molecule has 2 aliphatic rings. The Morgan fingerprint density at radius 1 is 1.25 bits per heavy atom. The number of aromatic nitrogens is 2. The van der Waals surface area contributed by atoms with Crippen molar-refractivity contribution in [2.45, 2.75) is 57.3 Å². The van der Waals surface area contributed by atoms with Gasteiger partial charge in [-0.2, -0.15) is 4.98 Å². The largest absolute Gasteiger partial charge is 0.338 e. The molecule has 1 N–H and O–H groups in total. The molecular weight excluding hydrogens is 252 g/mol. The van der Waals surface area contributed by atoms with Crippen LogP contribution in [0.1, 0.15) is 57.8 Å². The number of hydrogen-bond acceptors (Lipinski definition) is 5. The second-order valence-corrected chi connectivity index (χ2v) is 6.26. The highest BCUT2D eigenvalue weighted by atomic mass is 16.5. The molecule has 1 atom stereocenters. The molecule has 112 valence electrons. The molecule has 2 fully saturated rings. The summed E-state index contributed by atoms with van der Waals surface area (Å²) in [6, 6.07) is 0. The van der Waals surface area contributed by atoms with Crippen molar-refractivity contribution in [1.29, 1.82) is 0 Å². The minimum absolute atomic E-state index is 0.0752. The molecule has 5 nitrogen and oxygen atoms in total. The average Bonchev–Trinajstić information content (AvgIpc) is 3.04. The summed E-state index contributed by atoms with van der Waals surface area (Å²) < 4.78 is 5.66. The second kappa shape index (κ2) is 6.12. The molecule has 3 rings (SSSR count). The van der Waals surface area contributed by atoms with Gasteiger partial charge in [0.2, 0.25) is 5.89 Å². The topological polar surface area (TPSA) is 54.2 Å². The summed E-state index contributed by atoms with van der Waals surface area (Å²) in [7, 11) is 0. The fourth-order valence-corrected chi connectivity index (χ4v) is 3.56. The molecule has 1 unspecified atom stereocenters. The van der Waals surface area contributed by atoms with Gasteiger partial charge in [0, 0.05) is 19.6 Å². The summed E-state index contributed by atoms with van der Waals surface area (Å²) in [4.78, 5) is 7.05. The van der Waals surface area contributed by atoms with Crippen LogP contribution in [0.15, 0.2) is 4.52 Å². The lowest BCUT2D eigenvalue weighted by molar-refractivity contribution is 0.277. The van der Waals surface area contributed by atoms with Crippen LogP contribution in [0.3, 0.4) is 0 Å². The second-order valence-electron chi connectivity index (χ2n) is 6.26. The SMILES string of the molecule is CCCC1(c2nc(N3CCCCCC3)no2)CCNC1. The van der Waals surface area contributed by atoms with Crippen LogP contribution in [-0.2, 0) is 5.41 Å². The smallest absolute Gasteiger partial charge is 0.266 e. The van der Waals surface area contributed by atoms with E-state index in [4.69, 9.17) is 9.51 Å². The van der Waals surface area contributed by atoms with Gasteiger partial charge < -0.3 is 14.7 Å². The van der Waals surface area contributed by atoms with E-state index >= 15 is 0 Å². The van der Waals surface area contributed by atoms with Crippen LogP contribution >= 0.6 is 0 Å². The van der Waals surface area contributed by atoms with Gasteiger partial charge in [0.05, 0.1) is 5.41 Å². The third-order valence-corrected chi connectivity index (χ3v) is 4.73. The van der Waals surface area contributed by atoms with Gasteiger partial charge in [0.15, 0.2) is 0 Å². The summed E-state index contributed by atoms with van der Waals surface area (Å²) in [6.45, 7) is 6.39. The van der Waals surface area contributed by atoms with Crippen molar-refractivity contribution in [3.05, 3.63) is 5.89 Å². The van der Waals surface area contributed by atoms with Gasteiger partial charge in [0.1, 0.15) is 0 Å². The van der Waals surface area contributed by atoms with E-state index in [1.807, 2.05) is 0 Å². The minimum atomic E-state index is 0.0752. The lowest BCUT2D eigenvalue weighted by Gasteiger charge is -2.22. The van der Waals surface area contributed by atoms with E-state index in [1.165, 1.54) is 25.7 Å². The van der Waals surface area contributed by atoms with Crippen molar-refractivity contribution in [2.24, 2.45) is 0 Å². The Bertz CT molecular complexity index is 417. The van der Waals surface area contributed by atoms with E-state index in [1.54, 1.807) is 0 Å². The van der Waals surface area contributed by atoms with E-state index in [0.29, 0.717) is 0 Å². The predicted octanol–water partition coefficient (Wildman–Crippen LogP) is 2.48. The monoisotopic (exact) mass is 278 g/mol. The van der Waals surface area contributed by atoms with Crippen LogP contribution in [0.4, 0.5) is 5.95 Å². The molecule has 0 radical (unpaired) electrons. The molecule has 5 heteroatoms. The number of nitrogens with zero attached hydrogens (tertiary/aromatic N) is 3. The zero-order chi connectivity index (χ0) is 13.8. The standard InChI is InChI=1S/C15H26N4O/c1-2-7-15(8-9-16-12-15)13-17-14(18-20-13)19-10-5-3-4-6-11-19/h16H,2-12H2,1H3. The Balaban J connectivity index is 1.77. The molecule has 2 aliphatic heterocycles. The maximum absolute atomic E-state index is 5.66. The van der Waals surface area contributed by atoms with Crippen molar-refractivity contribution in [3.8, 4) is 0 Å². The molecule has 20 heavy (non-hydrogen) atoms. The van der Waals surface area contributed by atoms with Crippen molar-refractivity contribution in [2.75, 3.05) is 31.1 Å². The molecule has 0 aromatic carbocycles. The molecule has 1 aromatic heterocycles. The Labute approximate surface area is 121 Å². The average molecular weight is 278 g/mol. The Hall–Kier alpha value is -1.10. The fraction of sp³-hybridized carbons (Fsp3) is 0.867. The van der Waals surface area contributed by atoms with E-state index in [2.05, 4.69) is 22.3 Å². The van der Waals surface area contributed by atoms with Crippen LogP contribution in [0.25, 0.3) is 0 Å². The van der Waals surface area contributed by atoms with Crippen LogP contribution in [0.5, 0.6) is 0 Å². The first-order valence-corrected chi connectivity index (χ1v) is 8.14. The van der Waals surface area contributed by atoms with Gasteiger partial charge >= 0.3 is 0 Å². The summed E-state index contributed by atoms with van der Waals surface area (Å²) in [6.07, 6.45) is 8.53. The lowest BCUT2D eigenvalue weighted by Crippen LogP contribution is -2.30. The number of rotatable bonds is 4. The van der Waals surface area contributed by atoms with E-state index in [-0.39, 0.29) is 5.41 Å². The number of hydrogen-bond donors (Lipinski definition) is 1. The minimum Gasteiger partial charge on any atom is -0.338 e. The Kier molecular flexibility index (Phi) is 4.24. The molecule has 0 amide bonds. The highest BCUT2D eigenvalue weighted by molar-refractivity contribution is 5.29. The molecule has 3 heterocycles. The zero-order valence-electron chi connectivity index (χ0n) is 12.5. The first-order chi connectivity index (χ1) is 9.84. The van der Waals surface area contributed by atoms with Crippen LogP contribution in [0, 0.1) is 0 Å². The highest BCUT2D eigenvalue weighted by Gasteiger charge is 2.40. The molecular formula is C15H26N4O. The number of nitrogens with one attached hydrogen (secondary N) is 1. The Morgan fingerprint density at radius 3 is 2.70 bits per heavy atom. The molecule has 0 saturated carbocycles. The van der Waals surface area contributed by atoms with Crippen molar-refractivity contribution in [3.63, 3.8) is 0 Å². The molecule has 0 aliphatic carbocycles. The van der Waals surface area contributed by atoms with E-state index in [0.717, 1.165) is 57.3 Å². The first-order valence-electron chi connectivity index (χ1n) is 8.14. The van der Waals surface area contributed by atoms with Gasteiger partial charge in [-0.05, 0) is 37.4 Å². The fourth-order valence-electron chi connectivity index (χ4n) is 3.56. The summed E-state index contributed by atoms with van der Waals surface area (Å²) in [5.74, 6) is 1.66. The maximum atomic E-state index is 5.66. The van der Waals surface area contributed by atoms with Crippen LogP contribution in [0.2, 0.25) is 0 Å². The maximum Gasteiger partial charge on any atom is 0.266 e. The molecule has 1 aromatic rings. The van der Waals surface area contributed by atoms with Crippen LogP contribution in [-0.4, -0.2) is 36.3 Å².